The van der Waals surface area contributed by atoms with Crippen LogP contribution in [0.25, 0.3) is 0 Å². The topological polar surface area (TPSA) is 105 Å². The Kier molecular flexibility index (Phi) is 9.88. The molecule has 7 nitrogen and oxygen atoms in total. The molecule has 0 spiro atoms. The van der Waals surface area contributed by atoms with E-state index in [1.54, 1.807) is 0 Å². The van der Waals surface area contributed by atoms with Gasteiger partial charge in [0.1, 0.15) is 11.8 Å². The highest BCUT2D eigenvalue weighted by atomic mass is 16.5. The zero-order valence-electron chi connectivity index (χ0n) is 18.9. The Morgan fingerprint density at radius 3 is 2.38 bits per heavy atom. The van der Waals surface area contributed by atoms with E-state index in [2.05, 4.69) is 10.6 Å². The van der Waals surface area contributed by atoms with E-state index in [1.165, 1.54) is 26.2 Å². The minimum absolute atomic E-state index is 0.0453. The smallest absolute Gasteiger partial charge is 0.328 e. The van der Waals surface area contributed by atoms with Gasteiger partial charge in [0.15, 0.2) is 5.78 Å². The van der Waals surface area contributed by atoms with Crippen molar-refractivity contribution >= 4 is 17.7 Å². The molecule has 0 unspecified atom stereocenters. The largest absolute Gasteiger partial charge is 0.507 e. The Balaban J connectivity index is 2.20. The highest BCUT2D eigenvalue weighted by molar-refractivity contribution is 6.03. The molecule has 7 heteroatoms. The van der Waals surface area contributed by atoms with E-state index < -0.39 is 17.9 Å². The quantitative estimate of drug-likeness (QED) is 0.266. The number of aryl methyl sites for hydroxylation is 1. The molecule has 32 heavy (non-hydrogen) atoms. The molecule has 3 N–H and O–H groups in total. The molecule has 0 bridgehead atoms. The van der Waals surface area contributed by atoms with Crippen LogP contribution in [0.5, 0.6) is 5.75 Å². The molecule has 0 aliphatic carbocycles. The van der Waals surface area contributed by atoms with Crippen LogP contribution in [0.4, 0.5) is 0 Å². The number of aromatic hydroxyl groups is 1. The van der Waals surface area contributed by atoms with Crippen LogP contribution in [0.1, 0.15) is 58.0 Å². The van der Waals surface area contributed by atoms with Crippen LogP contribution in [0.2, 0.25) is 0 Å². The number of unbranched alkanes of at least 4 members (excludes halogenated alkanes) is 2. The molecule has 0 aliphatic heterocycles. The summed E-state index contributed by atoms with van der Waals surface area (Å²) in [4.78, 5) is 37.3. The highest BCUT2D eigenvalue weighted by Crippen LogP contribution is 2.25. The standard InChI is InChI=1S/C25H32N2O5/c1-17(28)20-16-21(23(29)15-19(20)12-8-5-9-13-26-2)24(30)27-22(25(31)32-3)14-18-10-6-4-7-11-18/h4,6-7,10-11,15-16,22,26,29H,5,8-9,12-14H2,1-3H3,(H,27,30)/t22-/m0/s1. The summed E-state index contributed by atoms with van der Waals surface area (Å²) < 4.78 is 4.83. The lowest BCUT2D eigenvalue weighted by atomic mass is 9.95. The number of hydrogen-bond donors (Lipinski definition) is 3. The van der Waals surface area contributed by atoms with E-state index in [0.29, 0.717) is 17.5 Å². The summed E-state index contributed by atoms with van der Waals surface area (Å²) >= 11 is 0. The van der Waals surface area contributed by atoms with Gasteiger partial charge in [-0.15, -0.1) is 0 Å². The Morgan fingerprint density at radius 1 is 1.03 bits per heavy atom. The number of esters is 1. The Labute approximate surface area is 189 Å². The zero-order chi connectivity index (χ0) is 23.5. The van der Waals surface area contributed by atoms with Gasteiger partial charge in [-0.25, -0.2) is 4.79 Å². The van der Waals surface area contributed by atoms with Crippen LogP contribution in [-0.4, -0.2) is 49.5 Å². The van der Waals surface area contributed by atoms with Crippen molar-refractivity contribution < 1.29 is 24.2 Å². The van der Waals surface area contributed by atoms with Gasteiger partial charge in [0.2, 0.25) is 0 Å². The van der Waals surface area contributed by atoms with Crippen LogP contribution in [-0.2, 0) is 22.4 Å². The van der Waals surface area contributed by atoms with Crippen molar-refractivity contribution in [3.63, 3.8) is 0 Å². The van der Waals surface area contributed by atoms with Gasteiger partial charge in [-0.2, -0.15) is 0 Å². The summed E-state index contributed by atoms with van der Waals surface area (Å²) in [5.41, 5.74) is 1.92. The molecule has 0 aromatic heterocycles. The number of carbonyl (C=O) groups excluding carboxylic acids is 3. The van der Waals surface area contributed by atoms with E-state index in [4.69, 9.17) is 4.74 Å². The second-order valence-electron chi connectivity index (χ2n) is 7.74. The molecule has 0 fully saturated rings. The normalized spacial score (nSPS) is 11.6. The van der Waals surface area contributed by atoms with E-state index in [-0.39, 0.29) is 23.5 Å². The van der Waals surface area contributed by atoms with Crippen LogP contribution in [0, 0.1) is 0 Å². The first-order valence-corrected chi connectivity index (χ1v) is 10.8. The first-order valence-electron chi connectivity index (χ1n) is 10.8. The lowest BCUT2D eigenvalue weighted by molar-refractivity contribution is -0.142. The molecule has 0 saturated heterocycles. The summed E-state index contributed by atoms with van der Waals surface area (Å²) in [7, 11) is 3.16. The average molecular weight is 441 g/mol. The third kappa shape index (κ3) is 7.20. The summed E-state index contributed by atoms with van der Waals surface area (Å²) in [5.74, 6) is -1.64. The van der Waals surface area contributed by atoms with Gasteiger partial charge in [-0.3, -0.25) is 9.59 Å². The second kappa shape index (κ2) is 12.6. The molecule has 2 aromatic rings. The van der Waals surface area contributed by atoms with Crippen molar-refractivity contribution in [1.82, 2.24) is 10.6 Å². The number of methoxy groups -OCH3 is 1. The summed E-state index contributed by atoms with van der Waals surface area (Å²) in [6.07, 6.45) is 3.75. The first kappa shape index (κ1) is 25.1. The number of phenolic OH excluding ortho intramolecular Hbond substituents is 1. The number of hydrogen-bond acceptors (Lipinski definition) is 6. The monoisotopic (exact) mass is 440 g/mol. The van der Waals surface area contributed by atoms with Crippen LogP contribution in [0.3, 0.4) is 0 Å². The first-order chi connectivity index (χ1) is 15.4. The Morgan fingerprint density at radius 2 is 1.75 bits per heavy atom. The number of ketones is 1. The predicted octanol–water partition coefficient (Wildman–Crippen LogP) is 3.04. The summed E-state index contributed by atoms with van der Waals surface area (Å²) in [6.45, 7) is 2.36. The van der Waals surface area contributed by atoms with Crippen molar-refractivity contribution in [3.05, 3.63) is 64.7 Å². The molecule has 172 valence electrons. The van der Waals surface area contributed by atoms with E-state index in [0.717, 1.165) is 31.4 Å². The molecule has 0 radical (unpaired) electrons. The fraction of sp³-hybridized carbons (Fsp3) is 0.400. The average Bonchev–Trinajstić information content (AvgIpc) is 2.78. The van der Waals surface area contributed by atoms with Crippen LogP contribution < -0.4 is 10.6 Å². The minimum Gasteiger partial charge on any atom is -0.507 e. The number of nitrogens with one attached hydrogen (secondary N) is 2. The third-order valence-electron chi connectivity index (χ3n) is 5.29. The van der Waals surface area contributed by atoms with E-state index in [1.807, 2.05) is 37.4 Å². The maximum absolute atomic E-state index is 12.9. The van der Waals surface area contributed by atoms with Crippen LogP contribution in [0.15, 0.2) is 42.5 Å². The van der Waals surface area contributed by atoms with Gasteiger partial charge in [0, 0.05) is 12.0 Å². The second-order valence-corrected chi connectivity index (χ2v) is 7.74. The van der Waals surface area contributed by atoms with Gasteiger partial charge < -0.3 is 20.5 Å². The lowest BCUT2D eigenvalue weighted by Crippen LogP contribution is -2.43. The number of rotatable bonds is 12. The lowest BCUT2D eigenvalue weighted by Gasteiger charge is -2.18. The third-order valence-corrected chi connectivity index (χ3v) is 5.29. The number of phenols is 1. The molecule has 2 rings (SSSR count). The number of benzene rings is 2. The summed E-state index contributed by atoms with van der Waals surface area (Å²) in [5, 5.41) is 16.2. The molecule has 1 atom stereocenters. The molecule has 0 saturated carbocycles. The van der Waals surface area contributed by atoms with Gasteiger partial charge >= 0.3 is 5.97 Å². The molecular weight excluding hydrogens is 408 g/mol. The summed E-state index contributed by atoms with van der Waals surface area (Å²) in [6, 6.07) is 11.2. The Bertz CT molecular complexity index is 927. The van der Waals surface area contributed by atoms with E-state index in [9.17, 15) is 19.5 Å². The highest BCUT2D eigenvalue weighted by Gasteiger charge is 2.25. The zero-order valence-corrected chi connectivity index (χ0v) is 18.9. The predicted molar refractivity (Wildman–Crippen MR) is 123 cm³/mol. The van der Waals surface area contributed by atoms with Crippen molar-refractivity contribution in [2.75, 3.05) is 20.7 Å². The van der Waals surface area contributed by atoms with E-state index >= 15 is 0 Å². The molecular formula is C25H32N2O5. The Hall–Kier alpha value is -3.19. The minimum atomic E-state index is -0.929. The van der Waals surface area contributed by atoms with Crippen molar-refractivity contribution in [2.45, 2.75) is 45.1 Å². The number of ether oxygens (including phenoxy) is 1. The van der Waals surface area contributed by atoms with Gasteiger partial charge in [0.25, 0.3) is 5.91 Å². The van der Waals surface area contributed by atoms with Gasteiger partial charge in [0.05, 0.1) is 12.7 Å². The van der Waals surface area contributed by atoms with Crippen LogP contribution >= 0.6 is 0 Å². The van der Waals surface area contributed by atoms with Crippen molar-refractivity contribution in [3.8, 4) is 5.75 Å². The number of Topliss-reactive ketones (excluding diaryl/α,β-unsaturated/α-hetero) is 1. The van der Waals surface area contributed by atoms with Crippen molar-refractivity contribution in [2.24, 2.45) is 0 Å². The molecule has 2 aromatic carbocycles. The number of carbonyl (C=O) groups is 3. The SMILES string of the molecule is CNCCCCCc1cc(O)c(C(=O)N[C@@H](Cc2ccccc2)C(=O)OC)cc1C(C)=O. The maximum Gasteiger partial charge on any atom is 0.328 e. The fourth-order valence-electron chi connectivity index (χ4n) is 3.56. The van der Waals surface area contributed by atoms with Gasteiger partial charge in [-0.1, -0.05) is 36.8 Å². The maximum atomic E-state index is 12.9. The number of amides is 1. The van der Waals surface area contributed by atoms with Gasteiger partial charge in [-0.05, 0) is 63.0 Å². The molecule has 0 aliphatic rings. The molecule has 1 amide bonds. The fourth-order valence-corrected chi connectivity index (χ4v) is 3.56. The molecule has 0 heterocycles. The van der Waals surface area contributed by atoms with Crippen molar-refractivity contribution in [1.29, 1.82) is 0 Å².